The van der Waals surface area contributed by atoms with Crippen LogP contribution in [0.2, 0.25) is 0 Å². The Morgan fingerprint density at radius 2 is 1.93 bits per heavy atom. The van der Waals surface area contributed by atoms with Gasteiger partial charge >= 0.3 is 0 Å². The van der Waals surface area contributed by atoms with Crippen LogP contribution in [-0.4, -0.2) is 48.4 Å². The highest BCUT2D eigenvalue weighted by Gasteiger charge is 2.19. The van der Waals surface area contributed by atoms with Gasteiger partial charge in [-0.3, -0.25) is 9.69 Å². The van der Waals surface area contributed by atoms with E-state index in [1.54, 1.807) is 0 Å². The monoisotopic (exact) mass is 210 g/mol. The van der Waals surface area contributed by atoms with E-state index in [0.717, 1.165) is 31.8 Å². The van der Waals surface area contributed by atoms with Crippen LogP contribution in [-0.2, 0) is 4.79 Å². The van der Waals surface area contributed by atoms with Gasteiger partial charge in [0.25, 0.3) is 0 Å². The van der Waals surface area contributed by atoms with Crippen molar-refractivity contribution in [2.45, 2.75) is 26.7 Å². The van der Waals surface area contributed by atoms with Crippen molar-refractivity contribution in [3.05, 3.63) is 12.2 Å². The Bertz CT molecular complexity index is 232. The Kier molecular flexibility index (Phi) is 4.82. The first-order valence-corrected chi connectivity index (χ1v) is 5.78. The molecule has 0 radical (unpaired) electrons. The van der Waals surface area contributed by atoms with Crippen molar-refractivity contribution in [2.75, 3.05) is 32.7 Å². The van der Waals surface area contributed by atoms with E-state index in [4.69, 9.17) is 0 Å². The second kappa shape index (κ2) is 5.91. The smallest absolute Gasteiger partial charge is 0.236 e. The average Bonchev–Trinajstić information content (AvgIpc) is 2.68. The lowest BCUT2D eigenvalue weighted by atomic mass is 10.3. The van der Waals surface area contributed by atoms with Crippen LogP contribution in [0.25, 0.3) is 0 Å². The summed E-state index contributed by atoms with van der Waals surface area (Å²) in [4.78, 5) is 16.0. The fourth-order valence-corrected chi connectivity index (χ4v) is 1.92. The maximum Gasteiger partial charge on any atom is 0.236 e. The van der Waals surface area contributed by atoms with Gasteiger partial charge in [-0.2, -0.15) is 0 Å². The molecule has 0 atom stereocenters. The summed E-state index contributed by atoms with van der Waals surface area (Å²) in [6.45, 7) is 12.1. The summed E-state index contributed by atoms with van der Waals surface area (Å²) in [5.41, 5.74) is 1.12. The summed E-state index contributed by atoms with van der Waals surface area (Å²) in [7, 11) is 0. The number of likely N-dealkylation sites (tertiary alicyclic amines) is 1. The van der Waals surface area contributed by atoms with Crippen LogP contribution in [0.3, 0.4) is 0 Å². The van der Waals surface area contributed by atoms with Gasteiger partial charge in [-0.05, 0) is 26.3 Å². The largest absolute Gasteiger partial charge is 0.342 e. The molecular weight excluding hydrogens is 188 g/mol. The highest BCUT2D eigenvalue weighted by atomic mass is 16.2. The van der Waals surface area contributed by atoms with Crippen molar-refractivity contribution in [1.82, 2.24) is 9.80 Å². The van der Waals surface area contributed by atoms with Gasteiger partial charge in [0.1, 0.15) is 0 Å². The molecule has 0 aliphatic carbocycles. The SMILES string of the molecule is C=C(C)CN(CC)CC(=O)N1CCCC1. The van der Waals surface area contributed by atoms with Crippen molar-refractivity contribution in [3.8, 4) is 0 Å². The zero-order valence-electron chi connectivity index (χ0n) is 9.96. The molecule has 3 nitrogen and oxygen atoms in total. The third-order valence-electron chi connectivity index (χ3n) is 2.76. The third-order valence-corrected chi connectivity index (χ3v) is 2.76. The normalized spacial score (nSPS) is 16.1. The molecule has 1 aliphatic rings. The minimum Gasteiger partial charge on any atom is -0.342 e. The Hall–Kier alpha value is -0.830. The summed E-state index contributed by atoms with van der Waals surface area (Å²) in [5.74, 6) is 0.274. The van der Waals surface area contributed by atoms with Crippen LogP contribution in [0.1, 0.15) is 26.7 Å². The molecule has 1 amide bonds. The van der Waals surface area contributed by atoms with Crippen molar-refractivity contribution < 1.29 is 4.79 Å². The van der Waals surface area contributed by atoms with Gasteiger partial charge in [0.05, 0.1) is 6.54 Å². The molecule has 0 N–H and O–H groups in total. The molecule has 0 aromatic carbocycles. The van der Waals surface area contributed by atoms with E-state index in [-0.39, 0.29) is 5.91 Å². The van der Waals surface area contributed by atoms with E-state index in [1.807, 2.05) is 11.8 Å². The van der Waals surface area contributed by atoms with Crippen LogP contribution in [0.5, 0.6) is 0 Å². The third kappa shape index (κ3) is 4.04. The topological polar surface area (TPSA) is 23.6 Å². The van der Waals surface area contributed by atoms with Gasteiger partial charge in [0.2, 0.25) is 5.91 Å². The molecule has 1 saturated heterocycles. The summed E-state index contributed by atoms with van der Waals surface area (Å²) in [6.07, 6.45) is 2.33. The number of hydrogen-bond acceptors (Lipinski definition) is 2. The zero-order valence-corrected chi connectivity index (χ0v) is 9.96. The first-order valence-electron chi connectivity index (χ1n) is 5.78. The van der Waals surface area contributed by atoms with Crippen LogP contribution < -0.4 is 0 Å². The van der Waals surface area contributed by atoms with Gasteiger partial charge in [-0.25, -0.2) is 0 Å². The van der Waals surface area contributed by atoms with Gasteiger partial charge in [-0.1, -0.05) is 19.1 Å². The highest BCUT2D eigenvalue weighted by Crippen LogP contribution is 2.08. The van der Waals surface area contributed by atoms with Crippen molar-refractivity contribution in [2.24, 2.45) is 0 Å². The van der Waals surface area contributed by atoms with Crippen molar-refractivity contribution in [1.29, 1.82) is 0 Å². The van der Waals surface area contributed by atoms with E-state index in [1.165, 1.54) is 12.8 Å². The first kappa shape index (κ1) is 12.2. The van der Waals surface area contributed by atoms with E-state index < -0.39 is 0 Å². The fourth-order valence-electron chi connectivity index (χ4n) is 1.92. The Balaban J connectivity index is 2.36. The summed E-state index contributed by atoms with van der Waals surface area (Å²) in [6, 6.07) is 0. The molecule has 1 heterocycles. The van der Waals surface area contributed by atoms with Crippen LogP contribution in [0.4, 0.5) is 0 Å². The lowest BCUT2D eigenvalue weighted by Gasteiger charge is -2.23. The average molecular weight is 210 g/mol. The van der Waals surface area contributed by atoms with Gasteiger partial charge in [0, 0.05) is 19.6 Å². The lowest BCUT2D eigenvalue weighted by molar-refractivity contribution is -0.131. The van der Waals surface area contributed by atoms with E-state index in [2.05, 4.69) is 18.4 Å². The molecule has 15 heavy (non-hydrogen) atoms. The molecule has 0 saturated carbocycles. The predicted octanol–water partition coefficient (Wildman–Crippen LogP) is 1.51. The number of amides is 1. The van der Waals surface area contributed by atoms with Gasteiger partial charge < -0.3 is 4.90 Å². The number of likely N-dealkylation sites (N-methyl/N-ethyl adjacent to an activating group) is 1. The van der Waals surface area contributed by atoms with E-state index >= 15 is 0 Å². The summed E-state index contributed by atoms with van der Waals surface area (Å²) in [5, 5.41) is 0. The molecule has 0 bridgehead atoms. The quantitative estimate of drug-likeness (QED) is 0.642. The molecule has 86 valence electrons. The van der Waals surface area contributed by atoms with E-state index in [9.17, 15) is 4.79 Å². The number of nitrogens with zero attached hydrogens (tertiary/aromatic N) is 2. The summed E-state index contributed by atoms with van der Waals surface area (Å²) < 4.78 is 0. The highest BCUT2D eigenvalue weighted by molar-refractivity contribution is 5.78. The predicted molar refractivity (Wildman–Crippen MR) is 62.7 cm³/mol. The summed E-state index contributed by atoms with van der Waals surface area (Å²) >= 11 is 0. The Morgan fingerprint density at radius 3 is 2.40 bits per heavy atom. The fraction of sp³-hybridized carbons (Fsp3) is 0.750. The molecule has 0 spiro atoms. The molecule has 0 unspecified atom stereocenters. The maximum atomic E-state index is 11.9. The molecule has 0 aromatic rings. The minimum atomic E-state index is 0.274. The maximum absolute atomic E-state index is 11.9. The van der Waals surface area contributed by atoms with Crippen molar-refractivity contribution >= 4 is 5.91 Å². The number of hydrogen-bond donors (Lipinski definition) is 0. The molecular formula is C12H22N2O. The number of carbonyl (C=O) groups excluding carboxylic acids is 1. The first-order chi connectivity index (χ1) is 7.13. The second-order valence-corrected chi connectivity index (χ2v) is 4.35. The second-order valence-electron chi connectivity index (χ2n) is 4.35. The number of rotatable bonds is 5. The standard InChI is InChI=1S/C12H22N2O/c1-4-13(9-11(2)3)10-12(15)14-7-5-6-8-14/h2,4-10H2,1,3H3. The zero-order chi connectivity index (χ0) is 11.3. The van der Waals surface area contributed by atoms with Gasteiger partial charge in [0.15, 0.2) is 0 Å². The molecule has 3 heteroatoms. The van der Waals surface area contributed by atoms with Crippen LogP contribution >= 0.6 is 0 Å². The lowest BCUT2D eigenvalue weighted by Crippen LogP contribution is -2.39. The Morgan fingerprint density at radius 1 is 1.33 bits per heavy atom. The van der Waals surface area contributed by atoms with E-state index in [0.29, 0.717) is 6.54 Å². The van der Waals surface area contributed by atoms with Crippen LogP contribution in [0.15, 0.2) is 12.2 Å². The molecule has 0 aromatic heterocycles. The number of carbonyl (C=O) groups is 1. The van der Waals surface area contributed by atoms with Gasteiger partial charge in [-0.15, -0.1) is 0 Å². The molecule has 1 rings (SSSR count). The molecule has 1 fully saturated rings. The minimum absolute atomic E-state index is 0.274. The Labute approximate surface area is 92.7 Å². The van der Waals surface area contributed by atoms with Crippen molar-refractivity contribution in [3.63, 3.8) is 0 Å². The molecule has 1 aliphatic heterocycles. The van der Waals surface area contributed by atoms with Crippen LogP contribution in [0, 0.1) is 0 Å².